The molecule has 0 unspecified atom stereocenters. The Morgan fingerprint density at radius 2 is 2.20 bits per heavy atom. The van der Waals surface area contributed by atoms with Crippen molar-refractivity contribution in [2.75, 3.05) is 19.7 Å². The number of rotatable bonds is 7. The second-order valence-electron chi connectivity index (χ2n) is 5.42. The maximum Gasteiger partial charge on any atom is 0.247 e. The van der Waals surface area contributed by atoms with Crippen LogP contribution in [0.5, 0.6) is 5.75 Å². The maximum absolute atomic E-state index is 12.2. The van der Waals surface area contributed by atoms with Crippen LogP contribution in [-0.4, -0.2) is 35.4 Å². The van der Waals surface area contributed by atoms with Crippen molar-refractivity contribution in [1.29, 1.82) is 0 Å². The summed E-state index contributed by atoms with van der Waals surface area (Å²) in [6.45, 7) is 9.29. The van der Waals surface area contributed by atoms with E-state index in [-0.39, 0.29) is 18.3 Å². The molecule has 0 aliphatic rings. The first-order valence-electron chi connectivity index (χ1n) is 6.54. The zero-order chi connectivity index (χ0) is 14.5. The molecule has 0 aromatic carbocycles. The molecule has 1 rings (SSSR count). The molecular formula is C13H25ClN4O2. The third kappa shape index (κ3) is 5.02. The van der Waals surface area contributed by atoms with E-state index in [2.05, 4.69) is 24.3 Å². The lowest BCUT2D eigenvalue weighted by atomic mass is 10.0. The van der Waals surface area contributed by atoms with Crippen LogP contribution in [0.15, 0.2) is 12.4 Å². The van der Waals surface area contributed by atoms with Gasteiger partial charge in [-0.3, -0.25) is 9.48 Å². The molecule has 7 heteroatoms. The van der Waals surface area contributed by atoms with Gasteiger partial charge < -0.3 is 15.8 Å². The Morgan fingerprint density at radius 3 is 2.75 bits per heavy atom. The van der Waals surface area contributed by atoms with E-state index in [0.29, 0.717) is 31.4 Å². The molecule has 1 heterocycles. The van der Waals surface area contributed by atoms with Crippen molar-refractivity contribution < 1.29 is 9.53 Å². The lowest BCUT2D eigenvalue weighted by Crippen LogP contribution is -2.45. The van der Waals surface area contributed by atoms with Crippen LogP contribution < -0.4 is 15.8 Å². The molecule has 0 saturated carbocycles. The van der Waals surface area contributed by atoms with E-state index in [4.69, 9.17) is 10.5 Å². The zero-order valence-corrected chi connectivity index (χ0v) is 13.4. The summed E-state index contributed by atoms with van der Waals surface area (Å²) < 4.78 is 6.97. The fourth-order valence-corrected chi connectivity index (χ4v) is 1.48. The smallest absolute Gasteiger partial charge is 0.247 e. The highest BCUT2D eigenvalue weighted by molar-refractivity contribution is 5.85. The summed E-state index contributed by atoms with van der Waals surface area (Å²) in [7, 11) is 0. The summed E-state index contributed by atoms with van der Waals surface area (Å²) in [6.07, 6.45) is 3.30. The van der Waals surface area contributed by atoms with Crippen molar-refractivity contribution >= 4 is 18.3 Å². The van der Waals surface area contributed by atoms with Crippen LogP contribution in [-0.2, 0) is 10.3 Å². The molecule has 1 amide bonds. The molecule has 20 heavy (non-hydrogen) atoms. The molecule has 3 N–H and O–H groups in total. The van der Waals surface area contributed by atoms with Crippen molar-refractivity contribution in [3.63, 3.8) is 0 Å². The van der Waals surface area contributed by atoms with Gasteiger partial charge in [-0.1, -0.05) is 13.8 Å². The minimum absolute atomic E-state index is 0. The van der Waals surface area contributed by atoms with Gasteiger partial charge in [0.25, 0.3) is 0 Å². The largest absolute Gasteiger partial charge is 0.489 e. The quantitative estimate of drug-likeness (QED) is 0.791. The molecule has 0 fully saturated rings. The highest BCUT2D eigenvalue weighted by atomic mass is 35.5. The van der Waals surface area contributed by atoms with Gasteiger partial charge in [-0.15, -0.1) is 12.4 Å². The first-order chi connectivity index (χ1) is 8.87. The van der Waals surface area contributed by atoms with Gasteiger partial charge in [-0.05, 0) is 19.8 Å². The topological polar surface area (TPSA) is 82.2 Å². The molecule has 0 atom stereocenters. The summed E-state index contributed by atoms with van der Waals surface area (Å²) in [6, 6.07) is 0. The number of hydrogen-bond acceptors (Lipinski definition) is 4. The predicted molar refractivity (Wildman–Crippen MR) is 81.2 cm³/mol. The zero-order valence-electron chi connectivity index (χ0n) is 12.5. The van der Waals surface area contributed by atoms with E-state index < -0.39 is 5.54 Å². The Hall–Kier alpha value is -1.27. The van der Waals surface area contributed by atoms with Crippen LogP contribution >= 0.6 is 12.4 Å². The van der Waals surface area contributed by atoms with Crippen LogP contribution in [0.3, 0.4) is 0 Å². The van der Waals surface area contributed by atoms with Crippen molar-refractivity contribution in [3.8, 4) is 5.75 Å². The fourth-order valence-electron chi connectivity index (χ4n) is 1.48. The molecule has 0 bridgehead atoms. The van der Waals surface area contributed by atoms with Gasteiger partial charge in [-0.2, -0.15) is 5.10 Å². The number of ether oxygens (including phenoxy) is 1. The Kier molecular flexibility index (Phi) is 7.60. The van der Waals surface area contributed by atoms with Gasteiger partial charge >= 0.3 is 0 Å². The first kappa shape index (κ1) is 18.7. The predicted octanol–water partition coefficient (Wildman–Crippen LogP) is 1.15. The van der Waals surface area contributed by atoms with E-state index in [1.165, 1.54) is 0 Å². The molecule has 0 radical (unpaired) electrons. The third-order valence-electron chi connectivity index (χ3n) is 2.74. The Morgan fingerprint density at radius 1 is 1.55 bits per heavy atom. The molecular weight excluding hydrogens is 280 g/mol. The van der Waals surface area contributed by atoms with Crippen molar-refractivity contribution in [3.05, 3.63) is 12.4 Å². The Labute approximate surface area is 126 Å². The summed E-state index contributed by atoms with van der Waals surface area (Å²) in [4.78, 5) is 12.2. The Balaban J connectivity index is 0.00000361. The van der Waals surface area contributed by atoms with E-state index in [9.17, 15) is 4.79 Å². The van der Waals surface area contributed by atoms with Gasteiger partial charge in [0.2, 0.25) is 5.91 Å². The number of nitrogens with one attached hydrogen (secondary N) is 1. The highest BCUT2D eigenvalue weighted by Gasteiger charge is 2.30. The number of hydrogen-bond donors (Lipinski definition) is 2. The summed E-state index contributed by atoms with van der Waals surface area (Å²) in [5, 5.41) is 7.09. The number of aromatic nitrogens is 2. The normalized spacial score (nSPS) is 11.1. The van der Waals surface area contributed by atoms with Gasteiger partial charge in [0.05, 0.1) is 12.4 Å². The molecule has 1 aromatic heterocycles. The monoisotopic (exact) mass is 304 g/mol. The summed E-state index contributed by atoms with van der Waals surface area (Å²) in [5.41, 5.74) is 4.62. The second-order valence-corrected chi connectivity index (χ2v) is 5.42. The van der Waals surface area contributed by atoms with Crippen LogP contribution in [0, 0.1) is 5.92 Å². The molecule has 6 nitrogen and oxygen atoms in total. The molecule has 1 aromatic rings. The van der Waals surface area contributed by atoms with Crippen LogP contribution in [0.4, 0.5) is 0 Å². The van der Waals surface area contributed by atoms with E-state index in [0.717, 1.165) is 0 Å². The number of carbonyl (C=O) groups excluding carboxylic acids is 1. The average Bonchev–Trinajstić information content (AvgIpc) is 2.82. The summed E-state index contributed by atoms with van der Waals surface area (Å²) in [5.74, 6) is 0.977. The molecule has 116 valence electrons. The van der Waals surface area contributed by atoms with Crippen molar-refractivity contribution in [2.24, 2.45) is 11.7 Å². The molecule has 0 spiro atoms. The maximum atomic E-state index is 12.2. The lowest BCUT2D eigenvalue weighted by Gasteiger charge is -2.24. The minimum atomic E-state index is -0.751. The third-order valence-corrected chi connectivity index (χ3v) is 2.74. The Bertz CT molecular complexity index is 418. The lowest BCUT2D eigenvalue weighted by molar-refractivity contribution is -0.129. The molecule has 0 aliphatic carbocycles. The number of nitrogens with zero attached hydrogens (tertiary/aromatic N) is 2. The van der Waals surface area contributed by atoms with Crippen molar-refractivity contribution in [2.45, 2.75) is 33.2 Å². The summed E-state index contributed by atoms with van der Waals surface area (Å²) >= 11 is 0. The van der Waals surface area contributed by atoms with Crippen molar-refractivity contribution in [1.82, 2.24) is 15.1 Å². The second kappa shape index (κ2) is 8.11. The van der Waals surface area contributed by atoms with Gasteiger partial charge in [0, 0.05) is 13.1 Å². The fraction of sp³-hybridized carbons (Fsp3) is 0.692. The van der Waals surface area contributed by atoms with Crippen LogP contribution in [0.2, 0.25) is 0 Å². The average molecular weight is 305 g/mol. The van der Waals surface area contributed by atoms with Crippen LogP contribution in [0.1, 0.15) is 27.7 Å². The number of halogens is 1. The van der Waals surface area contributed by atoms with E-state index >= 15 is 0 Å². The highest BCUT2D eigenvalue weighted by Crippen LogP contribution is 2.18. The van der Waals surface area contributed by atoms with Crippen LogP contribution in [0.25, 0.3) is 0 Å². The SMILES string of the molecule is CC(C)CNC(=O)C(C)(C)n1cc(OCCN)cn1.Cl. The van der Waals surface area contributed by atoms with E-state index in [1.807, 2.05) is 13.8 Å². The number of nitrogens with two attached hydrogens (primary N) is 1. The molecule has 0 saturated heterocycles. The number of carbonyl (C=O) groups is 1. The van der Waals surface area contributed by atoms with Gasteiger partial charge in [0.15, 0.2) is 5.75 Å². The van der Waals surface area contributed by atoms with Gasteiger partial charge in [0.1, 0.15) is 12.1 Å². The molecule has 0 aliphatic heterocycles. The van der Waals surface area contributed by atoms with E-state index in [1.54, 1.807) is 17.1 Å². The minimum Gasteiger partial charge on any atom is -0.489 e. The number of amides is 1. The first-order valence-corrected chi connectivity index (χ1v) is 6.54. The standard InChI is InChI=1S/C13H24N4O2.ClH/c1-10(2)7-15-12(18)13(3,4)17-9-11(8-16-17)19-6-5-14;/h8-10H,5-7,14H2,1-4H3,(H,15,18);1H. The van der Waals surface area contributed by atoms with Gasteiger partial charge in [-0.25, -0.2) is 0 Å².